The van der Waals surface area contributed by atoms with E-state index in [1.54, 1.807) is 0 Å². The quantitative estimate of drug-likeness (QED) is 0.681. The second kappa shape index (κ2) is 7.52. The van der Waals surface area contributed by atoms with Crippen molar-refractivity contribution in [3.05, 3.63) is 60.7 Å². The molecular weight excluding hydrogens is 372 g/mol. The highest BCUT2D eigenvalue weighted by molar-refractivity contribution is 6.99. The second-order valence-corrected chi connectivity index (χ2v) is 14.5. The summed E-state index contributed by atoms with van der Waals surface area (Å²) in [5, 5.41) is 2.67. The van der Waals surface area contributed by atoms with E-state index in [0.29, 0.717) is 23.5 Å². The zero-order valence-corrected chi connectivity index (χ0v) is 19.4. The number of fused-ring (bicyclic) bond motifs is 1. The van der Waals surface area contributed by atoms with Gasteiger partial charge in [-0.25, -0.2) is 0 Å². The predicted molar refractivity (Wildman–Crippen MR) is 122 cm³/mol. The molecular formula is C26H34O2Si. The highest BCUT2D eigenvalue weighted by Gasteiger charge is 2.56. The maximum absolute atomic E-state index is 12.3. The molecule has 0 aromatic heterocycles. The van der Waals surface area contributed by atoms with Crippen LogP contribution in [0.5, 0.6) is 0 Å². The van der Waals surface area contributed by atoms with Crippen molar-refractivity contribution < 1.29 is 9.22 Å². The van der Waals surface area contributed by atoms with E-state index in [9.17, 15) is 4.79 Å². The van der Waals surface area contributed by atoms with Crippen molar-refractivity contribution in [3.8, 4) is 0 Å². The Morgan fingerprint density at radius 3 is 1.83 bits per heavy atom. The second-order valence-electron chi connectivity index (χ2n) is 10.2. The van der Waals surface area contributed by atoms with Crippen molar-refractivity contribution >= 4 is 24.5 Å². The minimum absolute atomic E-state index is 0.00539. The van der Waals surface area contributed by atoms with Gasteiger partial charge in [-0.2, -0.15) is 0 Å². The first-order valence-corrected chi connectivity index (χ1v) is 13.0. The summed E-state index contributed by atoms with van der Waals surface area (Å²) in [4.78, 5) is 12.3. The maximum atomic E-state index is 12.3. The normalized spacial score (nSPS) is 29.8. The van der Waals surface area contributed by atoms with Crippen LogP contribution in [0.2, 0.25) is 5.04 Å². The van der Waals surface area contributed by atoms with Crippen molar-refractivity contribution in [1.82, 2.24) is 0 Å². The van der Waals surface area contributed by atoms with E-state index in [2.05, 4.69) is 95.3 Å². The minimum atomic E-state index is -2.53. The van der Waals surface area contributed by atoms with Gasteiger partial charge in [-0.05, 0) is 39.6 Å². The summed E-state index contributed by atoms with van der Waals surface area (Å²) in [5.41, 5.74) is 0. The van der Waals surface area contributed by atoms with Crippen LogP contribution in [0.4, 0.5) is 0 Å². The molecule has 2 aliphatic carbocycles. The summed E-state index contributed by atoms with van der Waals surface area (Å²) in [6.45, 7) is 11.5. The molecule has 0 N–H and O–H groups in total. The molecule has 0 bridgehead atoms. The molecule has 0 heterocycles. The number of carbonyl (C=O) groups is 1. The standard InChI is InChI=1S/C26H34O2Si/c1-18-23-17-25(19(2)22(23)16-24(18)27)28-29(26(3,4)5,20-12-8-6-9-13-20)21-14-10-7-11-15-21/h6-15,18-19,22-23,25H,16-17H2,1-5H3/t18-,19-,22-,23-,25-/m1/s1. The molecule has 2 fully saturated rings. The van der Waals surface area contributed by atoms with E-state index < -0.39 is 8.32 Å². The third-order valence-corrected chi connectivity index (χ3v) is 12.7. The number of carbonyl (C=O) groups excluding carboxylic acids is 1. The Morgan fingerprint density at radius 1 is 0.862 bits per heavy atom. The van der Waals surface area contributed by atoms with E-state index in [-0.39, 0.29) is 17.1 Å². The van der Waals surface area contributed by atoms with Gasteiger partial charge >= 0.3 is 0 Å². The molecule has 2 saturated carbocycles. The van der Waals surface area contributed by atoms with Crippen LogP contribution < -0.4 is 10.4 Å². The Kier molecular flexibility index (Phi) is 5.33. The molecule has 3 heteroatoms. The molecule has 2 nitrogen and oxygen atoms in total. The first-order valence-electron chi connectivity index (χ1n) is 11.1. The van der Waals surface area contributed by atoms with Crippen LogP contribution in [0.1, 0.15) is 47.5 Å². The highest BCUT2D eigenvalue weighted by Crippen LogP contribution is 2.51. The van der Waals surface area contributed by atoms with Crippen LogP contribution in [0.3, 0.4) is 0 Å². The zero-order chi connectivity index (χ0) is 20.8. The summed E-state index contributed by atoms with van der Waals surface area (Å²) in [7, 11) is -2.53. The van der Waals surface area contributed by atoms with Gasteiger partial charge in [0.2, 0.25) is 0 Å². The third-order valence-electron chi connectivity index (χ3n) is 7.65. The third kappa shape index (κ3) is 3.33. The van der Waals surface area contributed by atoms with Gasteiger partial charge in [-0.15, -0.1) is 0 Å². The molecule has 4 rings (SSSR count). The monoisotopic (exact) mass is 406 g/mol. The Hall–Kier alpha value is -1.71. The summed E-state index contributed by atoms with van der Waals surface area (Å²) in [5.74, 6) is 2.04. The Bertz CT molecular complexity index is 816. The highest BCUT2D eigenvalue weighted by atomic mass is 28.4. The smallest absolute Gasteiger partial charge is 0.261 e. The van der Waals surface area contributed by atoms with Gasteiger partial charge in [0.25, 0.3) is 8.32 Å². The fourth-order valence-corrected chi connectivity index (χ4v) is 10.7. The van der Waals surface area contributed by atoms with Crippen LogP contribution in [0.15, 0.2) is 60.7 Å². The summed E-state index contributed by atoms with van der Waals surface area (Å²) < 4.78 is 7.40. The van der Waals surface area contributed by atoms with Gasteiger partial charge in [0.05, 0.1) is 0 Å². The van der Waals surface area contributed by atoms with Gasteiger partial charge in [0.1, 0.15) is 5.78 Å². The first kappa shape index (κ1) is 20.6. The number of rotatable bonds is 4. The molecule has 2 aromatic carbocycles. The predicted octanol–water partition coefficient (Wildman–Crippen LogP) is 4.81. The van der Waals surface area contributed by atoms with Gasteiger partial charge < -0.3 is 4.43 Å². The fourth-order valence-electron chi connectivity index (χ4n) is 5.97. The maximum Gasteiger partial charge on any atom is 0.261 e. The van der Waals surface area contributed by atoms with E-state index in [1.165, 1.54) is 10.4 Å². The largest absolute Gasteiger partial charge is 0.404 e. The van der Waals surface area contributed by atoms with Crippen LogP contribution in [0.25, 0.3) is 0 Å². The zero-order valence-electron chi connectivity index (χ0n) is 18.4. The Labute approximate surface area is 176 Å². The lowest BCUT2D eigenvalue weighted by Crippen LogP contribution is -2.68. The van der Waals surface area contributed by atoms with Gasteiger partial charge in [0.15, 0.2) is 0 Å². The van der Waals surface area contributed by atoms with Crippen LogP contribution in [-0.4, -0.2) is 20.2 Å². The number of Topliss-reactive ketones (excluding diaryl/α,β-unsaturated/α-hetero) is 1. The first-order chi connectivity index (χ1) is 13.8. The minimum Gasteiger partial charge on any atom is -0.404 e. The molecule has 0 amide bonds. The molecule has 2 aromatic rings. The van der Waals surface area contributed by atoms with E-state index in [1.807, 2.05) is 0 Å². The molecule has 5 atom stereocenters. The van der Waals surface area contributed by atoms with Gasteiger partial charge in [-0.1, -0.05) is 95.3 Å². The van der Waals surface area contributed by atoms with Gasteiger partial charge in [0, 0.05) is 18.4 Å². The molecule has 0 radical (unpaired) electrons. The Morgan fingerprint density at radius 2 is 1.38 bits per heavy atom. The molecule has 2 aliphatic rings. The summed E-state index contributed by atoms with van der Waals surface area (Å²) in [6.07, 6.45) is 1.98. The number of hydrogen-bond acceptors (Lipinski definition) is 2. The number of benzene rings is 2. The summed E-state index contributed by atoms with van der Waals surface area (Å²) in [6, 6.07) is 21.8. The Balaban J connectivity index is 1.79. The number of hydrogen-bond donors (Lipinski definition) is 0. The van der Waals surface area contributed by atoms with Crippen molar-refractivity contribution in [2.45, 2.75) is 58.6 Å². The van der Waals surface area contributed by atoms with E-state index >= 15 is 0 Å². The lowest BCUT2D eigenvalue weighted by atomic mass is 9.90. The van der Waals surface area contributed by atoms with E-state index in [4.69, 9.17) is 4.43 Å². The molecule has 0 unspecified atom stereocenters. The van der Waals surface area contributed by atoms with Crippen molar-refractivity contribution in [3.63, 3.8) is 0 Å². The van der Waals surface area contributed by atoms with Crippen molar-refractivity contribution in [2.75, 3.05) is 0 Å². The van der Waals surface area contributed by atoms with Crippen LogP contribution in [-0.2, 0) is 9.22 Å². The molecule has 0 aliphatic heterocycles. The lowest BCUT2D eigenvalue weighted by molar-refractivity contribution is -0.121. The number of ketones is 1. The summed E-state index contributed by atoms with van der Waals surface area (Å²) >= 11 is 0. The molecule has 0 spiro atoms. The van der Waals surface area contributed by atoms with Gasteiger partial charge in [-0.3, -0.25) is 4.79 Å². The average molecular weight is 407 g/mol. The molecule has 154 valence electrons. The SMILES string of the molecule is C[C@@H]1[C@H]2CC(=O)[C@H](C)[C@H]2C[C@H]1O[Si](c1ccccc1)(c1ccccc1)C(C)(C)C. The van der Waals surface area contributed by atoms with Crippen molar-refractivity contribution in [1.29, 1.82) is 0 Å². The topological polar surface area (TPSA) is 26.3 Å². The van der Waals surface area contributed by atoms with Crippen LogP contribution in [0, 0.1) is 23.7 Å². The fraction of sp³-hybridized carbons (Fsp3) is 0.500. The average Bonchev–Trinajstić information content (AvgIpc) is 3.16. The van der Waals surface area contributed by atoms with Crippen molar-refractivity contribution in [2.24, 2.45) is 23.7 Å². The van der Waals surface area contributed by atoms with E-state index in [0.717, 1.165) is 12.8 Å². The van der Waals surface area contributed by atoms with Crippen LogP contribution >= 0.6 is 0 Å². The molecule has 0 saturated heterocycles. The molecule has 29 heavy (non-hydrogen) atoms. The lowest BCUT2D eigenvalue weighted by Gasteiger charge is -2.45.